The summed E-state index contributed by atoms with van der Waals surface area (Å²) in [4.78, 5) is 0. The predicted molar refractivity (Wildman–Crippen MR) is 8.50 cm³/mol. The number of rotatable bonds is 0. The molecule has 0 aromatic rings. The SMILES string of the molecule is [O]=[Mn](=[O])(=[O])(=[O])[K]. The molecule has 0 saturated heterocycles. The van der Waals surface area contributed by atoms with E-state index in [1.807, 2.05) is 0 Å². The van der Waals surface area contributed by atoms with Crippen molar-refractivity contribution in [3.05, 3.63) is 0 Å². The molecular formula is KMnO4. The Kier molecular flexibility index (Phi) is 1.73. The zero-order valence-electron chi connectivity index (χ0n) is 3.01. The summed E-state index contributed by atoms with van der Waals surface area (Å²) in [6.07, 6.45) is 0. The molecule has 0 bridgehead atoms. The van der Waals surface area contributed by atoms with Crippen molar-refractivity contribution < 1.29 is 17.5 Å². The van der Waals surface area contributed by atoms with E-state index < -0.39 is 47.5 Å². The Hall–Kier alpha value is 1.36. The molecule has 0 aliphatic heterocycles. The van der Waals surface area contributed by atoms with Crippen LogP contribution in [0.5, 0.6) is 0 Å². The van der Waals surface area contributed by atoms with Gasteiger partial charge in [0.25, 0.3) is 0 Å². The summed E-state index contributed by atoms with van der Waals surface area (Å²) in [7, 11) is 0. The summed E-state index contributed by atoms with van der Waals surface area (Å²) >= 11 is -1.13. The Morgan fingerprint density at radius 1 is 1.00 bits per heavy atom. The van der Waals surface area contributed by atoms with Crippen LogP contribution in [0.2, 0.25) is 0 Å². The van der Waals surface area contributed by atoms with Gasteiger partial charge in [-0.2, -0.15) is 0 Å². The van der Waals surface area contributed by atoms with Crippen LogP contribution in [0.3, 0.4) is 0 Å². The quantitative estimate of drug-likeness (QED) is 0.430. The predicted octanol–water partition coefficient (Wildman–Crippen LogP) is -0.859. The van der Waals surface area contributed by atoms with Crippen molar-refractivity contribution in [2.75, 3.05) is 0 Å². The van der Waals surface area contributed by atoms with Crippen LogP contribution < -0.4 is 0 Å². The molecule has 4 nitrogen and oxygen atoms in total. The van der Waals surface area contributed by atoms with Crippen molar-refractivity contribution in [2.24, 2.45) is 0 Å². The van der Waals surface area contributed by atoms with E-state index in [2.05, 4.69) is 0 Å². The number of hydrogen-bond donors (Lipinski definition) is 0. The van der Waals surface area contributed by atoms with Crippen LogP contribution in [0.15, 0.2) is 0 Å². The van der Waals surface area contributed by atoms with Crippen molar-refractivity contribution >= 4 is 45.4 Å². The summed E-state index contributed by atoms with van der Waals surface area (Å²) < 4.78 is 30.9. The van der Waals surface area contributed by atoms with Crippen LogP contribution in [0, 0.1) is 0 Å². The van der Waals surface area contributed by atoms with Gasteiger partial charge in [-0.1, -0.05) is 0 Å². The molecule has 0 saturated carbocycles. The number of hydrogen-bond acceptors (Lipinski definition) is 4. The molecule has 0 fully saturated rings. The second-order valence-corrected chi connectivity index (χ2v) is 12.1. The van der Waals surface area contributed by atoms with Gasteiger partial charge in [0.1, 0.15) is 0 Å². The van der Waals surface area contributed by atoms with Gasteiger partial charge < -0.3 is 0 Å². The van der Waals surface area contributed by atoms with Gasteiger partial charge in [-0.25, -0.2) is 0 Å². The zero-order valence-corrected chi connectivity index (χ0v) is 7.31. The zero-order chi connectivity index (χ0) is 5.45. The topological polar surface area (TPSA) is 68.3 Å². The second-order valence-electron chi connectivity index (χ2n) is 0.995. The molecule has 0 aromatic heterocycles. The Bertz CT molecular complexity index is 238. The third-order valence-electron chi connectivity index (χ3n) is 0. The second kappa shape index (κ2) is 1.41. The van der Waals surface area contributed by atoms with Gasteiger partial charge in [0, 0.05) is 0 Å². The van der Waals surface area contributed by atoms with Crippen molar-refractivity contribution in [3.8, 4) is 0 Å². The fourth-order valence-electron chi connectivity index (χ4n) is 0. The van der Waals surface area contributed by atoms with Crippen molar-refractivity contribution in [1.82, 2.24) is 0 Å². The van der Waals surface area contributed by atoms with Gasteiger partial charge in [0.15, 0.2) is 0 Å². The molecule has 6 heteroatoms. The van der Waals surface area contributed by atoms with Crippen LogP contribution in [0.4, 0.5) is 0 Å². The van der Waals surface area contributed by atoms with Gasteiger partial charge >= 0.3 is 62.9 Å². The molecule has 32 valence electrons. The first-order chi connectivity index (χ1) is 2.24. The molecule has 0 atom stereocenters. The minimum absolute atomic E-state index is 1.13. The maximum absolute atomic E-state index is 9.25. The average molecular weight is 158 g/mol. The van der Waals surface area contributed by atoms with Crippen LogP contribution in [0.25, 0.3) is 0 Å². The van der Waals surface area contributed by atoms with Crippen LogP contribution in [-0.4, -0.2) is 45.4 Å². The van der Waals surface area contributed by atoms with Crippen LogP contribution in [0.1, 0.15) is 0 Å². The molecule has 0 unspecified atom stereocenters. The average Bonchev–Trinajstić information content (AvgIpc) is 0.650. The Balaban J connectivity index is 6.26. The molecule has 0 heterocycles. The monoisotopic (exact) mass is 158 g/mol. The fraction of sp³-hybridized carbons (Fsp3) is 0. The minimum atomic E-state index is -6.08. The molecule has 0 spiro atoms. The first-order valence-corrected chi connectivity index (χ1v) is 8.97. The van der Waals surface area contributed by atoms with Crippen LogP contribution >= 0.6 is 0 Å². The van der Waals surface area contributed by atoms with E-state index in [0.717, 1.165) is 0 Å². The van der Waals surface area contributed by atoms with Crippen molar-refractivity contribution in [3.63, 3.8) is 0 Å². The molecule has 0 N–H and O–H groups in total. The summed E-state index contributed by atoms with van der Waals surface area (Å²) in [5.74, 6) is 0. The third kappa shape index (κ3) is 55.3. The molecule has 0 amide bonds. The molecule has 0 aromatic carbocycles. The molecular weight excluding hydrogens is 158 g/mol. The van der Waals surface area contributed by atoms with E-state index in [4.69, 9.17) is 0 Å². The molecule has 0 aliphatic carbocycles. The summed E-state index contributed by atoms with van der Waals surface area (Å²) in [6.45, 7) is 0. The maximum atomic E-state index is 9.25. The molecule has 0 rings (SSSR count). The normalized spacial score (nSPS) is 14.5. The van der Waals surface area contributed by atoms with Crippen molar-refractivity contribution in [2.45, 2.75) is 0 Å². The first kappa shape index (κ1) is 7.36. The third-order valence-corrected chi connectivity index (χ3v) is 0. The van der Waals surface area contributed by atoms with Crippen molar-refractivity contribution in [1.29, 1.82) is 0 Å². The van der Waals surface area contributed by atoms with Gasteiger partial charge in [-0.15, -0.1) is 0 Å². The van der Waals surface area contributed by atoms with Gasteiger partial charge in [-0.05, 0) is 0 Å². The summed E-state index contributed by atoms with van der Waals surface area (Å²) in [5.41, 5.74) is 0. The van der Waals surface area contributed by atoms with Gasteiger partial charge in [0.2, 0.25) is 0 Å². The van der Waals surface area contributed by atoms with E-state index >= 15 is 0 Å². The van der Waals surface area contributed by atoms with Gasteiger partial charge in [-0.3, -0.25) is 0 Å². The summed E-state index contributed by atoms with van der Waals surface area (Å²) in [6, 6.07) is 0. The van der Waals surface area contributed by atoms with E-state index in [9.17, 15) is 15.3 Å². The molecule has 0 aliphatic rings. The molecule has 6 heavy (non-hydrogen) atoms. The fourth-order valence-corrected chi connectivity index (χ4v) is 0. The Labute approximate surface area is 61.3 Å². The van der Waals surface area contributed by atoms with E-state index in [0.29, 0.717) is 0 Å². The Morgan fingerprint density at radius 3 is 1.00 bits per heavy atom. The van der Waals surface area contributed by atoms with E-state index in [1.165, 1.54) is 0 Å². The first-order valence-electron chi connectivity index (χ1n) is 0.995. The van der Waals surface area contributed by atoms with E-state index in [-0.39, 0.29) is 0 Å². The summed E-state index contributed by atoms with van der Waals surface area (Å²) in [5, 5.41) is 0. The van der Waals surface area contributed by atoms with E-state index in [1.54, 1.807) is 0 Å². The molecule has 0 radical (unpaired) electrons. The standard InChI is InChI=1S/K.Mn.4O. The van der Waals surface area contributed by atoms with Gasteiger partial charge in [0.05, 0.1) is 0 Å². The van der Waals surface area contributed by atoms with Crippen LogP contribution in [-0.2, 0) is 17.5 Å². The Morgan fingerprint density at radius 2 is 1.00 bits per heavy atom.